The number of nitrogens with zero attached hydrogens (tertiary/aromatic N) is 1. The first-order valence-electron chi connectivity index (χ1n) is 6.27. The van der Waals surface area contributed by atoms with Crippen LogP contribution in [0.3, 0.4) is 0 Å². The molecule has 8 nitrogen and oxygen atoms in total. The zero-order valence-electron chi connectivity index (χ0n) is 11.1. The normalized spacial score (nSPS) is 18.1. The number of nitrogens with one attached hydrogen (secondary N) is 1. The largest absolute Gasteiger partial charge is 0.480 e. The molecule has 1 aromatic carbocycles. The number of primary amides is 1. The third kappa shape index (κ3) is 3.48. The standard InChI is InChI=1S/C13H15N3O5/c14-13(20)15-9-3-1-8(2-4-9)11(17)16-5-6-21-7-10(16)12(18)19/h1-4,10H,5-7H2,(H,18,19)(H3,14,15,20). The lowest BCUT2D eigenvalue weighted by molar-refractivity contribution is -0.147. The van der Waals surface area contributed by atoms with Gasteiger partial charge in [-0.3, -0.25) is 4.79 Å². The van der Waals surface area contributed by atoms with Crippen molar-refractivity contribution in [1.82, 2.24) is 4.90 Å². The van der Waals surface area contributed by atoms with Gasteiger partial charge in [-0.25, -0.2) is 9.59 Å². The molecule has 0 bridgehead atoms. The minimum atomic E-state index is -1.10. The predicted molar refractivity (Wildman–Crippen MR) is 72.9 cm³/mol. The first kappa shape index (κ1) is 14.8. The van der Waals surface area contributed by atoms with E-state index in [2.05, 4.69) is 5.32 Å². The van der Waals surface area contributed by atoms with Crippen molar-refractivity contribution < 1.29 is 24.2 Å². The van der Waals surface area contributed by atoms with Crippen LogP contribution in [-0.4, -0.2) is 53.7 Å². The van der Waals surface area contributed by atoms with Gasteiger partial charge in [0.25, 0.3) is 5.91 Å². The number of ether oxygens (including phenoxy) is 1. The second kappa shape index (κ2) is 6.23. The van der Waals surface area contributed by atoms with Crippen molar-refractivity contribution in [3.05, 3.63) is 29.8 Å². The van der Waals surface area contributed by atoms with Gasteiger partial charge in [0.2, 0.25) is 0 Å². The van der Waals surface area contributed by atoms with Crippen LogP contribution in [0.1, 0.15) is 10.4 Å². The molecule has 0 radical (unpaired) electrons. The fourth-order valence-corrected chi connectivity index (χ4v) is 2.06. The predicted octanol–water partition coefficient (Wildman–Crippen LogP) is 0.103. The summed E-state index contributed by atoms with van der Waals surface area (Å²) in [6.45, 7) is 0.496. The Hall–Kier alpha value is -2.61. The van der Waals surface area contributed by atoms with E-state index in [1.165, 1.54) is 29.2 Å². The van der Waals surface area contributed by atoms with Crippen LogP contribution in [0.15, 0.2) is 24.3 Å². The molecule has 3 amide bonds. The lowest BCUT2D eigenvalue weighted by atomic mass is 10.1. The van der Waals surface area contributed by atoms with Crippen LogP contribution >= 0.6 is 0 Å². The molecule has 0 spiro atoms. The zero-order chi connectivity index (χ0) is 15.4. The van der Waals surface area contributed by atoms with E-state index in [0.717, 1.165) is 0 Å². The fraction of sp³-hybridized carbons (Fsp3) is 0.308. The highest BCUT2D eigenvalue weighted by Gasteiger charge is 2.33. The van der Waals surface area contributed by atoms with E-state index in [-0.39, 0.29) is 13.2 Å². The minimum Gasteiger partial charge on any atom is -0.480 e. The number of anilines is 1. The highest BCUT2D eigenvalue weighted by molar-refractivity contribution is 5.97. The minimum absolute atomic E-state index is 0.0254. The van der Waals surface area contributed by atoms with Gasteiger partial charge in [0.05, 0.1) is 13.2 Å². The van der Waals surface area contributed by atoms with Gasteiger partial charge in [-0.1, -0.05) is 0 Å². The van der Waals surface area contributed by atoms with Crippen LogP contribution < -0.4 is 11.1 Å². The summed E-state index contributed by atoms with van der Waals surface area (Å²) < 4.78 is 5.09. The van der Waals surface area contributed by atoms with Crippen molar-refractivity contribution in [2.75, 3.05) is 25.1 Å². The van der Waals surface area contributed by atoms with E-state index in [1.54, 1.807) is 0 Å². The third-order valence-corrected chi connectivity index (χ3v) is 3.07. The van der Waals surface area contributed by atoms with E-state index < -0.39 is 23.9 Å². The average molecular weight is 293 g/mol. The first-order chi connectivity index (χ1) is 9.99. The highest BCUT2D eigenvalue weighted by Crippen LogP contribution is 2.15. The molecule has 21 heavy (non-hydrogen) atoms. The maximum atomic E-state index is 12.3. The number of carbonyl (C=O) groups is 3. The van der Waals surface area contributed by atoms with Gasteiger partial charge >= 0.3 is 12.0 Å². The molecule has 1 aliphatic heterocycles. The Labute approximate surface area is 120 Å². The maximum Gasteiger partial charge on any atom is 0.328 e. The van der Waals surface area contributed by atoms with E-state index in [1.807, 2.05) is 0 Å². The van der Waals surface area contributed by atoms with Gasteiger partial charge < -0.3 is 25.8 Å². The Morgan fingerprint density at radius 3 is 2.52 bits per heavy atom. The van der Waals surface area contributed by atoms with Crippen molar-refractivity contribution in [1.29, 1.82) is 0 Å². The number of morpholine rings is 1. The smallest absolute Gasteiger partial charge is 0.328 e. The number of carboxylic acids is 1. The summed E-state index contributed by atoms with van der Waals surface area (Å²) in [7, 11) is 0. The Kier molecular flexibility index (Phi) is 4.39. The van der Waals surface area contributed by atoms with Crippen LogP contribution in [-0.2, 0) is 9.53 Å². The average Bonchev–Trinajstić information content (AvgIpc) is 2.46. The third-order valence-electron chi connectivity index (χ3n) is 3.07. The molecule has 1 heterocycles. The number of rotatable bonds is 3. The van der Waals surface area contributed by atoms with Crippen LogP contribution in [0.5, 0.6) is 0 Å². The molecule has 1 aromatic rings. The van der Waals surface area contributed by atoms with Crippen molar-refractivity contribution in [2.24, 2.45) is 5.73 Å². The molecular weight excluding hydrogens is 278 g/mol. The van der Waals surface area contributed by atoms with E-state index in [4.69, 9.17) is 15.6 Å². The maximum absolute atomic E-state index is 12.3. The van der Waals surface area contributed by atoms with Crippen LogP contribution in [0.25, 0.3) is 0 Å². The van der Waals surface area contributed by atoms with Crippen molar-refractivity contribution in [3.8, 4) is 0 Å². The van der Waals surface area contributed by atoms with Crippen LogP contribution in [0, 0.1) is 0 Å². The Morgan fingerprint density at radius 2 is 1.95 bits per heavy atom. The van der Waals surface area contributed by atoms with Gasteiger partial charge in [-0.2, -0.15) is 0 Å². The number of hydrogen-bond donors (Lipinski definition) is 3. The molecule has 2 rings (SSSR count). The number of benzene rings is 1. The fourth-order valence-electron chi connectivity index (χ4n) is 2.06. The number of carbonyl (C=O) groups excluding carboxylic acids is 2. The van der Waals surface area contributed by atoms with Gasteiger partial charge in [-0.15, -0.1) is 0 Å². The molecular formula is C13H15N3O5. The Bertz CT molecular complexity index is 557. The SMILES string of the molecule is NC(=O)Nc1ccc(C(=O)N2CCOCC2C(=O)O)cc1. The number of hydrogen-bond acceptors (Lipinski definition) is 4. The summed E-state index contributed by atoms with van der Waals surface area (Å²) in [5.41, 5.74) is 5.77. The molecule has 0 aromatic heterocycles. The summed E-state index contributed by atoms with van der Waals surface area (Å²) in [4.78, 5) is 35.5. The van der Waals surface area contributed by atoms with E-state index in [0.29, 0.717) is 17.9 Å². The molecule has 1 aliphatic rings. The summed E-state index contributed by atoms with van der Waals surface area (Å²) >= 11 is 0. The molecule has 8 heteroatoms. The van der Waals surface area contributed by atoms with Gasteiger partial charge in [0.1, 0.15) is 0 Å². The van der Waals surface area contributed by atoms with E-state index >= 15 is 0 Å². The lowest BCUT2D eigenvalue weighted by Crippen LogP contribution is -2.52. The van der Waals surface area contributed by atoms with Crippen molar-refractivity contribution in [3.63, 3.8) is 0 Å². The number of amides is 3. The summed E-state index contributed by atoms with van der Waals surface area (Å²) in [5, 5.41) is 11.5. The molecule has 4 N–H and O–H groups in total. The molecule has 1 saturated heterocycles. The second-order valence-electron chi connectivity index (χ2n) is 4.49. The van der Waals surface area contributed by atoms with Gasteiger partial charge in [-0.05, 0) is 24.3 Å². The summed E-state index contributed by atoms with van der Waals surface area (Å²) in [6.07, 6.45) is 0. The number of nitrogens with two attached hydrogens (primary N) is 1. The van der Waals surface area contributed by atoms with Gasteiger partial charge in [0, 0.05) is 17.8 Å². The highest BCUT2D eigenvalue weighted by atomic mass is 16.5. The number of urea groups is 1. The lowest BCUT2D eigenvalue weighted by Gasteiger charge is -2.32. The summed E-state index contributed by atoms with van der Waals surface area (Å²) in [6, 6.07) is 4.36. The van der Waals surface area contributed by atoms with Crippen LogP contribution in [0.2, 0.25) is 0 Å². The Morgan fingerprint density at radius 1 is 1.29 bits per heavy atom. The topological polar surface area (TPSA) is 122 Å². The number of carboxylic acid groups (broad SMARTS) is 1. The molecule has 1 atom stereocenters. The van der Waals surface area contributed by atoms with Crippen LogP contribution in [0.4, 0.5) is 10.5 Å². The molecule has 112 valence electrons. The quantitative estimate of drug-likeness (QED) is 0.729. The van der Waals surface area contributed by atoms with Crippen molar-refractivity contribution >= 4 is 23.6 Å². The van der Waals surface area contributed by atoms with Crippen molar-refractivity contribution in [2.45, 2.75) is 6.04 Å². The summed E-state index contributed by atoms with van der Waals surface area (Å²) in [5.74, 6) is -1.49. The molecule has 0 aliphatic carbocycles. The van der Waals surface area contributed by atoms with Gasteiger partial charge in [0.15, 0.2) is 6.04 Å². The molecule has 0 saturated carbocycles. The monoisotopic (exact) mass is 293 g/mol. The molecule has 1 fully saturated rings. The zero-order valence-corrected chi connectivity index (χ0v) is 11.1. The molecule has 1 unspecified atom stereocenters. The Balaban J connectivity index is 2.14. The second-order valence-corrected chi connectivity index (χ2v) is 4.49. The number of aliphatic carboxylic acids is 1. The first-order valence-corrected chi connectivity index (χ1v) is 6.27. The van der Waals surface area contributed by atoms with E-state index in [9.17, 15) is 14.4 Å².